The Balaban J connectivity index is 0.00000289. The second-order valence-electron chi connectivity index (χ2n) is 7.84. The Morgan fingerprint density at radius 3 is 2.78 bits per heavy atom. The maximum Gasteiger partial charge on any atom is 0.430 e. The lowest BCUT2D eigenvalue weighted by atomic mass is 9.70. The van der Waals surface area contributed by atoms with Gasteiger partial charge < -0.3 is 44.5 Å². The molecular formula is C20H27BN4O7-2. The molecule has 1 aromatic carbocycles. The van der Waals surface area contributed by atoms with Crippen LogP contribution in [0, 0.1) is 0 Å². The maximum absolute atomic E-state index is 12.4. The fourth-order valence-corrected chi connectivity index (χ4v) is 3.74. The van der Waals surface area contributed by atoms with Crippen molar-refractivity contribution in [3.63, 3.8) is 0 Å². The van der Waals surface area contributed by atoms with Crippen molar-refractivity contribution in [3.8, 4) is 11.5 Å². The summed E-state index contributed by atoms with van der Waals surface area (Å²) >= 11 is 0. The molecule has 1 amide bonds. The van der Waals surface area contributed by atoms with E-state index >= 15 is 0 Å². The zero-order valence-corrected chi connectivity index (χ0v) is 16.8. The average molecular weight is 446 g/mol. The molecule has 0 radical (unpaired) electrons. The van der Waals surface area contributed by atoms with Gasteiger partial charge in [-0.15, -0.1) is 0 Å². The molecule has 174 valence electrons. The number of carbonyl (C=O) groups excluding carboxylic acids is 2. The SMILES string of the molecule is C.NCCc1cn(CC(=O)N2CC(Oc3ccc4c(c3C(=O)[O-])O[B-](O)(O)CC4)C2)cn1. The number of carbonyl (C=O) groups is 2. The Bertz CT molecular complexity index is 1000. The summed E-state index contributed by atoms with van der Waals surface area (Å²) in [6.07, 6.45) is 3.83. The average Bonchev–Trinajstić information content (AvgIpc) is 3.09. The molecule has 2 aliphatic rings. The third kappa shape index (κ3) is 4.87. The van der Waals surface area contributed by atoms with Crippen molar-refractivity contribution in [2.24, 2.45) is 5.73 Å². The van der Waals surface area contributed by atoms with E-state index in [1.165, 1.54) is 6.07 Å². The van der Waals surface area contributed by atoms with E-state index in [1.807, 2.05) is 0 Å². The molecular weight excluding hydrogens is 419 g/mol. The zero-order valence-electron chi connectivity index (χ0n) is 16.8. The summed E-state index contributed by atoms with van der Waals surface area (Å²) in [4.78, 5) is 29.9. The number of aromatic carboxylic acids is 1. The number of aromatic nitrogens is 2. The highest BCUT2D eigenvalue weighted by molar-refractivity contribution is 6.59. The van der Waals surface area contributed by atoms with Crippen LogP contribution >= 0.6 is 0 Å². The van der Waals surface area contributed by atoms with Crippen molar-refractivity contribution in [3.05, 3.63) is 41.5 Å². The van der Waals surface area contributed by atoms with Gasteiger partial charge in [-0.1, -0.05) is 19.8 Å². The van der Waals surface area contributed by atoms with Crippen LogP contribution in [0.5, 0.6) is 11.5 Å². The van der Waals surface area contributed by atoms with Crippen molar-refractivity contribution in [2.75, 3.05) is 19.6 Å². The standard InChI is InChI=1S/C19H24BN4O7.CH4/c21-6-4-13-7-23(11-22-13)10-16(25)24-8-14(9-24)30-15-2-1-12-3-5-20(28,29)31-18(12)17(15)19(26)27;/h1-2,7,11,14,28-29H,3-6,8-10,21H2,(H,26,27);1H4/q-1;/p-1. The molecule has 1 aromatic heterocycles. The van der Waals surface area contributed by atoms with Crippen molar-refractivity contribution in [1.82, 2.24) is 14.5 Å². The van der Waals surface area contributed by atoms with Crippen LogP contribution in [0.3, 0.4) is 0 Å². The number of benzene rings is 1. The zero-order chi connectivity index (χ0) is 22.2. The predicted octanol–water partition coefficient (Wildman–Crippen LogP) is -1.47. The molecule has 32 heavy (non-hydrogen) atoms. The number of likely N-dealkylation sites (tertiary alicyclic amines) is 1. The molecule has 12 heteroatoms. The van der Waals surface area contributed by atoms with Gasteiger partial charge in [-0.05, 0) is 24.6 Å². The quantitative estimate of drug-likeness (QED) is 0.431. The van der Waals surface area contributed by atoms with E-state index in [2.05, 4.69) is 4.98 Å². The molecule has 0 atom stereocenters. The molecule has 0 unspecified atom stereocenters. The van der Waals surface area contributed by atoms with Crippen molar-refractivity contribution < 1.29 is 34.1 Å². The molecule has 0 spiro atoms. The van der Waals surface area contributed by atoms with Gasteiger partial charge >= 0.3 is 6.75 Å². The Hall–Kier alpha value is -3.09. The van der Waals surface area contributed by atoms with Crippen LogP contribution in [0.25, 0.3) is 0 Å². The molecule has 1 saturated heterocycles. The Kier molecular flexibility index (Phi) is 6.77. The number of ether oxygens (including phenoxy) is 1. The number of fused-ring (bicyclic) bond motifs is 1. The topological polar surface area (TPSA) is 163 Å². The molecule has 3 heterocycles. The highest BCUT2D eigenvalue weighted by Gasteiger charge is 2.35. The second-order valence-corrected chi connectivity index (χ2v) is 7.84. The normalized spacial score (nSPS) is 16.9. The van der Waals surface area contributed by atoms with Gasteiger partial charge in [-0.3, -0.25) is 4.79 Å². The molecule has 11 nitrogen and oxygen atoms in total. The number of nitrogens with zero attached hydrogens (tertiary/aromatic N) is 3. The van der Waals surface area contributed by atoms with Crippen molar-refractivity contribution in [2.45, 2.75) is 39.2 Å². The van der Waals surface area contributed by atoms with Crippen molar-refractivity contribution >= 4 is 18.6 Å². The summed E-state index contributed by atoms with van der Waals surface area (Å²) in [7, 11) is 0. The predicted molar refractivity (Wildman–Crippen MR) is 113 cm³/mol. The Morgan fingerprint density at radius 2 is 2.09 bits per heavy atom. The van der Waals surface area contributed by atoms with E-state index in [0.29, 0.717) is 31.6 Å². The molecule has 2 aliphatic heterocycles. The first kappa shape index (κ1) is 23.6. The Labute approximate surface area is 185 Å². The van der Waals surface area contributed by atoms with Gasteiger partial charge in [0.05, 0.1) is 42.4 Å². The fraction of sp³-hybridized carbons (Fsp3) is 0.450. The second kappa shape index (κ2) is 9.19. The molecule has 4 N–H and O–H groups in total. The summed E-state index contributed by atoms with van der Waals surface area (Å²) in [6, 6.07) is 3.12. The first-order valence-electron chi connectivity index (χ1n) is 10.1. The fourth-order valence-electron chi connectivity index (χ4n) is 3.74. The number of amides is 1. The van der Waals surface area contributed by atoms with Crippen LogP contribution in [0.4, 0.5) is 0 Å². The Morgan fingerprint density at radius 1 is 1.34 bits per heavy atom. The van der Waals surface area contributed by atoms with Gasteiger partial charge in [0.25, 0.3) is 0 Å². The summed E-state index contributed by atoms with van der Waals surface area (Å²) in [5.41, 5.74) is 6.49. The first-order chi connectivity index (χ1) is 14.8. The van der Waals surface area contributed by atoms with E-state index in [9.17, 15) is 24.7 Å². The van der Waals surface area contributed by atoms with Crippen LogP contribution in [-0.4, -0.2) is 68.9 Å². The van der Waals surface area contributed by atoms with Crippen LogP contribution in [-0.2, 0) is 24.2 Å². The molecule has 0 bridgehead atoms. The number of carboxylic acid groups (broad SMARTS) is 1. The van der Waals surface area contributed by atoms with Gasteiger partial charge in [0.2, 0.25) is 5.91 Å². The maximum atomic E-state index is 12.4. The summed E-state index contributed by atoms with van der Waals surface area (Å²) < 4.78 is 12.6. The van der Waals surface area contributed by atoms with Crippen molar-refractivity contribution in [1.29, 1.82) is 0 Å². The number of nitrogens with two attached hydrogens (primary N) is 1. The largest absolute Gasteiger partial charge is 0.669 e. The summed E-state index contributed by atoms with van der Waals surface area (Å²) in [5.74, 6) is -1.79. The van der Waals surface area contributed by atoms with E-state index in [4.69, 9.17) is 15.1 Å². The number of rotatable bonds is 7. The molecule has 0 saturated carbocycles. The van der Waals surface area contributed by atoms with Crippen LogP contribution in [0.1, 0.15) is 29.0 Å². The number of carboxylic acids is 1. The third-order valence-corrected chi connectivity index (χ3v) is 5.40. The lowest BCUT2D eigenvalue weighted by Crippen LogP contribution is -2.57. The minimum Gasteiger partial charge on any atom is -0.669 e. The highest BCUT2D eigenvalue weighted by Crippen LogP contribution is 2.38. The highest BCUT2D eigenvalue weighted by atomic mass is 16.6. The molecule has 4 rings (SSSR count). The number of hydrogen-bond acceptors (Lipinski definition) is 9. The third-order valence-electron chi connectivity index (χ3n) is 5.40. The summed E-state index contributed by atoms with van der Waals surface area (Å²) in [6.45, 7) is -1.92. The van der Waals surface area contributed by atoms with Gasteiger partial charge in [0.1, 0.15) is 18.4 Å². The monoisotopic (exact) mass is 446 g/mol. The minimum absolute atomic E-state index is 0. The summed E-state index contributed by atoms with van der Waals surface area (Å²) in [5, 5.41) is 31.3. The first-order valence-corrected chi connectivity index (χ1v) is 10.1. The number of hydrogen-bond donors (Lipinski definition) is 3. The van der Waals surface area contributed by atoms with E-state index < -0.39 is 18.8 Å². The minimum atomic E-state index is -3.13. The van der Waals surface area contributed by atoms with Crippen LogP contribution < -0.4 is 20.2 Å². The molecule has 1 fully saturated rings. The number of aryl methyl sites for hydroxylation is 1. The lowest BCUT2D eigenvalue weighted by Gasteiger charge is -2.41. The van der Waals surface area contributed by atoms with E-state index in [-0.39, 0.29) is 49.7 Å². The van der Waals surface area contributed by atoms with Crippen LogP contribution in [0.2, 0.25) is 6.32 Å². The van der Waals surface area contributed by atoms with Gasteiger partial charge in [0, 0.05) is 12.6 Å². The van der Waals surface area contributed by atoms with Gasteiger partial charge in [0.15, 0.2) is 0 Å². The van der Waals surface area contributed by atoms with Gasteiger partial charge in [-0.2, -0.15) is 0 Å². The van der Waals surface area contributed by atoms with Crippen LogP contribution in [0.15, 0.2) is 24.7 Å². The van der Waals surface area contributed by atoms with E-state index in [1.54, 1.807) is 28.1 Å². The number of imidazole rings is 1. The van der Waals surface area contributed by atoms with Gasteiger partial charge in [-0.25, -0.2) is 4.98 Å². The van der Waals surface area contributed by atoms with E-state index in [0.717, 1.165) is 5.69 Å². The molecule has 2 aromatic rings. The molecule has 0 aliphatic carbocycles. The smallest absolute Gasteiger partial charge is 0.430 e. The lowest BCUT2D eigenvalue weighted by molar-refractivity contribution is -0.255.